The zero-order chi connectivity index (χ0) is 27.1. The number of ketones is 1. The van der Waals surface area contributed by atoms with Gasteiger partial charge in [-0.1, -0.05) is 67.1 Å². The third-order valence-corrected chi connectivity index (χ3v) is 7.77. The Morgan fingerprint density at radius 1 is 0.868 bits per heavy atom. The van der Waals surface area contributed by atoms with Crippen molar-refractivity contribution in [3.05, 3.63) is 71.8 Å². The molecule has 0 radical (unpaired) electrons. The van der Waals surface area contributed by atoms with Crippen LogP contribution in [-0.2, 0) is 32.0 Å². The Morgan fingerprint density at radius 2 is 1.47 bits per heavy atom. The predicted octanol–water partition coefficient (Wildman–Crippen LogP) is 2.74. The average Bonchev–Trinajstić information content (AvgIpc) is 3.59. The normalized spacial score (nSPS) is 22.6. The third-order valence-electron chi connectivity index (χ3n) is 7.77. The standard InChI is InChI=1S/C30H37N3O5/c31-22(17-20-9-3-1-4-10-20)19-27(34)32-25(18-21-11-5-2-6-12-21)28(35)23-13-7-14-24(23)29(36)33-16-8-15-26(33)30(37)38/h1-6,9-12,22-26H,7-8,13-19,31H2,(H,32,34)(H,37,38)/t22-,23?,24-,25-,26-/m0/s1. The van der Waals surface area contributed by atoms with E-state index in [9.17, 15) is 24.3 Å². The Morgan fingerprint density at radius 3 is 2.11 bits per heavy atom. The fourth-order valence-electron chi connectivity index (χ4n) is 5.91. The highest BCUT2D eigenvalue weighted by Gasteiger charge is 2.45. The molecule has 2 fully saturated rings. The molecule has 202 valence electrons. The van der Waals surface area contributed by atoms with E-state index in [1.807, 2.05) is 60.7 Å². The maximum Gasteiger partial charge on any atom is 0.326 e. The number of carbonyl (C=O) groups excluding carboxylic acids is 3. The van der Waals surface area contributed by atoms with Gasteiger partial charge in [0.25, 0.3) is 0 Å². The van der Waals surface area contributed by atoms with Crippen LogP contribution in [0.15, 0.2) is 60.7 Å². The zero-order valence-corrected chi connectivity index (χ0v) is 21.6. The highest BCUT2D eigenvalue weighted by molar-refractivity contribution is 5.95. The number of amides is 2. The van der Waals surface area contributed by atoms with Gasteiger partial charge >= 0.3 is 5.97 Å². The van der Waals surface area contributed by atoms with E-state index in [1.165, 1.54) is 4.90 Å². The predicted molar refractivity (Wildman–Crippen MR) is 143 cm³/mol. The molecule has 1 heterocycles. The number of carbonyl (C=O) groups is 4. The van der Waals surface area contributed by atoms with Crippen molar-refractivity contribution in [3.63, 3.8) is 0 Å². The van der Waals surface area contributed by atoms with Gasteiger partial charge < -0.3 is 21.1 Å². The fourth-order valence-corrected chi connectivity index (χ4v) is 5.91. The van der Waals surface area contributed by atoms with Crippen LogP contribution in [0.2, 0.25) is 0 Å². The van der Waals surface area contributed by atoms with Crippen molar-refractivity contribution in [1.82, 2.24) is 10.2 Å². The molecule has 2 aliphatic rings. The first kappa shape index (κ1) is 27.5. The van der Waals surface area contributed by atoms with E-state index in [4.69, 9.17) is 5.73 Å². The minimum absolute atomic E-state index is 0.0779. The van der Waals surface area contributed by atoms with Crippen molar-refractivity contribution >= 4 is 23.6 Å². The topological polar surface area (TPSA) is 130 Å². The van der Waals surface area contributed by atoms with Gasteiger partial charge in [0.05, 0.1) is 6.04 Å². The van der Waals surface area contributed by atoms with Gasteiger partial charge in [-0.2, -0.15) is 0 Å². The molecule has 2 aromatic rings. The summed E-state index contributed by atoms with van der Waals surface area (Å²) in [4.78, 5) is 53.4. The highest BCUT2D eigenvalue weighted by atomic mass is 16.4. The summed E-state index contributed by atoms with van der Waals surface area (Å²) in [6.45, 7) is 0.399. The summed E-state index contributed by atoms with van der Waals surface area (Å²) in [6, 6.07) is 17.2. The molecule has 38 heavy (non-hydrogen) atoms. The van der Waals surface area contributed by atoms with Gasteiger partial charge in [-0.15, -0.1) is 0 Å². The lowest BCUT2D eigenvalue weighted by Crippen LogP contribution is -2.50. The number of hydrogen-bond donors (Lipinski definition) is 3. The summed E-state index contributed by atoms with van der Waals surface area (Å²) in [7, 11) is 0. The lowest BCUT2D eigenvalue weighted by molar-refractivity contribution is -0.151. The summed E-state index contributed by atoms with van der Waals surface area (Å²) >= 11 is 0. The molecule has 2 amide bonds. The van der Waals surface area contributed by atoms with Gasteiger partial charge in [0.2, 0.25) is 11.8 Å². The van der Waals surface area contributed by atoms with Gasteiger partial charge in [-0.3, -0.25) is 14.4 Å². The van der Waals surface area contributed by atoms with Crippen LogP contribution in [-0.4, -0.2) is 58.2 Å². The SMILES string of the molecule is N[C@H](CC(=O)N[C@@H](Cc1ccccc1)C(=O)C1CCC[C@@H]1C(=O)N1CCC[C@H]1C(=O)O)Cc1ccccc1. The first-order chi connectivity index (χ1) is 18.3. The summed E-state index contributed by atoms with van der Waals surface area (Å²) in [6.07, 6.45) is 3.83. The highest BCUT2D eigenvalue weighted by Crippen LogP contribution is 2.36. The van der Waals surface area contributed by atoms with E-state index < -0.39 is 35.9 Å². The van der Waals surface area contributed by atoms with Crippen molar-refractivity contribution in [2.45, 2.75) is 69.5 Å². The van der Waals surface area contributed by atoms with Crippen LogP contribution in [0.4, 0.5) is 0 Å². The number of aliphatic carboxylic acids is 1. The Labute approximate surface area is 223 Å². The second kappa shape index (κ2) is 12.8. The van der Waals surface area contributed by atoms with E-state index in [0.29, 0.717) is 51.5 Å². The Kier molecular flexibility index (Phi) is 9.29. The number of nitrogens with zero attached hydrogens (tertiary/aromatic N) is 1. The van der Waals surface area contributed by atoms with Crippen LogP contribution in [0.1, 0.15) is 49.7 Å². The minimum Gasteiger partial charge on any atom is -0.480 e. The van der Waals surface area contributed by atoms with E-state index in [-0.39, 0.29) is 24.0 Å². The van der Waals surface area contributed by atoms with Crippen LogP contribution in [0.5, 0.6) is 0 Å². The van der Waals surface area contributed by atoms with E-state index >= 15 is 0 Å². The van der Waals surface area contributed by atoms with Gasteiger partial charge in [-0.05, 0) is 49.7 Å². The molecule has 0 spiro atoms. The van der Waals surface area contributed by atoms with Crippen molar-refractivity contribution < 1.29 is 24.3 Å². The molecule has 1 saturated carbocycles. The molecule has 1 aliphatic heterocycles. The lowest BCUT2D eigenvalue weighted by Gasteiger charge is -2.29. The van der Waals surface area contributed by atoms with Gasteiger partial charge in [0, 0.05) is 30.8 Å². The minimum atomic E-state index is -1.00. The van der Waals surface area contributed by atoms with Crippen LogP contribution in [0.3, 0.4) is 0 Å². The number of hydrogen-bond acceptors (Lipinski definition) is 5. The molecule has 1 aliphatic carbocycles. The Hall–Kier alpha value is -3.52. The number of likely N-dealkylation sites (tertiary alicyclic amines) is 1. The van der Waals surface area contributed by atoms with Crippen molar-refractivity contribution in [2.24, 2.45) is 17.6 Å². The van der Waals surface area contributed by atoms with Crippen molar-refractivity contribution in [2.75, 3.05) is 6.54 Å². The second-order valence-electron chi connectivity index (χ2n) is 10.5. The van der Waals surface area contributed by atoms with Crippen LogP contribution in [0.25, 0.3) is 0 Å². The molecule has 4 rings (SSSR count). The first-order valence-corrected chi connectivity index (χ1v) is 13.5. The second-order valence-corrected chi connectivity index (χ2v) is 10.5. The quantitative estimate of drug-likeness (QED) is 0.419. The maximum atomic E-state index is 13.9. The monoisotopic (exact) mass is 519 g/mol. The molecule has 0 bridgehead atoms. The number of rotatable bonds is 11. The van der Waals surface area contributed by atoms with Crippen LogP contribution in [0, 0.1) is 11.8 Å². The van der Waals surface area contributed by atoms with Crippen molar-refractivity contribution in [3.8, 4) is 0 Å². The van der Waals surface area contributed by atoms with Gasteiger partial charge in [0.1, 0.15) is 6.04 Å². The number of carboxylic acids is 1. The Bertz CT molecular complexity index is 1120. The molecule has 5 atom stereocenters. The first-order valence-electron chi connectivity index (χ1n) is 13.5. The number of carboxylic acid groups (broad SMARTS) is 1. The summed E-state index contributed by atoms with van der Waals surface area (Å²) in [5.74, 6) is -2.82. The van der Waals surface area contributed by atoms with E-state index in [2.05, 4.69) is 5.32 Å². The molecule has 1 saturated heterocycles. The molecular weight excluding hydrogens is 482 g/mol. The molecule has 2 aromatic carbocycles. The number of nitrogens with one attached hydrogen (secondary N) is 1. The molecular formula is C30H37N3O5. The average molecular weight is 520 g/mol. The summed E-state index contributed by atoms with van der Waals surface area (Å²) in [5.41, 5.74) is 8.21. The molecule has 4 N–H and O–H groups in total. The third kappa shape index (κ3) is 6.86. The lowest BCUT2D eigenvalue weighted by atomic mass is 9.85. The summed E-state index contributed by atoms with van der Waals surface area (Å²) in [5, 5.41) is 12.5. The molecule has 0 aromatic heterocycles. The molecule has 8 nitrogen and oxygen atoms in total. The van der Waals surface area contributed by atoms with Crippen molar-refractivity contribution in [1.29, 1.82) is 0 Å². The number of nitrogens with two attached hydrogens (primary N) is 1. The van der Waals surface area contributed by atoms with Gasteiger partial charge in [-0.25, -0.2) is 4.79 Å². The molecule has 8 heteroatoms. The molecule has 1 unspecified atom stereocenters. The smallest absolute Gasteiger partial charge is 0.326 e. The fraction of sp³-hybridized carbons (Fsp3) is 0.467. The van der Waals surface area contributed by atoms with Crippen LogP contribution < -0.4 is 11.1 Å². The largest absolute Gasteiger partial charge is 0.480 e. The zero-order valence-electron chi connectivity index (χ0n) is 21.6. The number of benzene rings is 2. The van der Waals surface area contributed by atoms with E-state index in [1.54, 1.807) is 0 Å². The van der Waals surface area contributed by atoms with E-state index in [0.717, 1.165) is 11.1 Å². The van der Waals surface area contributed by atoms with Crippen LogP contribution >= 0.6 is 0 Å². The Balaban J connectivity index is 1.46. The summed E-state index contributed by atoms with van der Waals surface area (Å²) < 4.78 is 0. The van der Waals surface area contributed by atoms with Gasteiger partial charge in [0.15, 0.2) is 5.78 Å². The number of Topliss-reactive ketones (excluding diaryl/α,β-unsaturated/α-hetero) is 1. The maximum absolute atomic E-state index is 13.9.